The van der Waals surface area contributed by atoms with Crippen LogP contribution in [0.4, 0.5) is 0 Å². The van der Waals surface area contributed by atoms with Crippen molar-refractivity contribution in [2.75, 3.05) is 6.61 Å². The molecule has 0 radical (unpaired) electrons. The van der Waals surface area contributed by atoms with Gasteiger partial charge in [-0.1, -0.05) is 43.4 Å². The average Bonchev–Trinajstić information content (AvgIpc) is 3.21. The topological polar surface area (TPSA) is 169 Å². The molecule has 0 bridgehead atoms. The molecule has 1 aromatic carbocycles. The predicted molar refractivity (Wildman–Crippen MR) is 164 cm³/mol. The van der Waals surface area contributed by atoms with E-state index in [0.29, 0.717) is 5.57 Å². The number of hydrogen-bond acceptors (Lipinski definition) is 12. The third-order valence-electron chi connectivity index (χ3n) is 9.60. The molecule has 0 saturated heterocycles. The summed E-state index contributed by atoms with van der Waals surface area (Å²) >= 11 is 0. The summed E-state index contributed by atoms with van der Waals surface area (Å²) in [6.07, 6.45) is -1.33. The number of carbonyl (C=O) groups excluding carboxylic acids is 6. The Hall–Kier alpha value is -4.32. The van der Waals surface area contributed by atoms with Gasteiger partial charge in [0.2, 0.25) is 5.78 Å². The lowest BCUT2D eigenvalue weighted by molar-refractivity contribution is -0.213. The smallest absolute Gasteiger partial charge is 0.338 e. The zero-order valence-electron chi connectivity index (χ0n) is 27.6. The first-order valence-corrected chi connectivity index (χ1v) is 15.4. The second-order valence-corrected chi connectivity index (χ2v) is 13.1. The van der Waals surface area contributed by atoms with Crippen LogP contribution in [-0.2, 0) is 47.7 Å². The zero-order chi connectivity index (χ0) is 35.1. The second-order valence-electron chi connectivity index (χ2n) is 13.1. The van der Waals surface area contributed by atoms with Crippen LogP contribution in [0.25, 0.3) is 0 Å². The van der Waals surface area contributed by atoms with Gasteiger partial charge in [0.15, 0.2) is 5.60 Å². The molecule has 0 spiro atoms. The van der Waals surface area contributed by atoms with Crippen molar-refractivity contribution in [2.24, 2.45) is 29.1 Å². The minimum atomic E-state index is -2.43. The molecule has 1 aromatic rings. The fraction of sp³-hybridized carbons (Fsp3) is 0.543. The Morgan fingerprint density at radius 2 is 1.51 bits per heavy atom. The molecule has 0 amide bonds. The van der Waals surface area contributed by atoms with Crippen molar-refractivity contribution < 1.29 is 57.6 Å². The largest absolute Gasteiger partial charge is 0.465 e. The van der Waals surface area contributed by atoms with E-state index in [1.54, 1.807) is 38.1 Å². The Morgan fingerprint density at radius 3 is 2.04 bits per heavy atom. The number of ether oxygens (including phenoxy) is 5. The van der Waals surface area contributed by atoms with Gasteiger partial charge in [-0.15, -0.1) is 0 Å². The van der Waals surface area contributed by atoms with Crippen LogP contribution in [-0.4, -0.2) is 76.9 Å². The summed E-state index contributed by atoms with van der Waals surface area (Å²) < 4.78 is 29.7. The number of esters is 5. The average molecular weight is 655 g/mol. The first kappa shape index (κ1) is 35.5. The third-order valence-corrected chi connectivity index (χ3v) is 9.60. The molecule has 4 rings (SSSR count). The van der Waals surface area contributed by atoms with Crippen molar-refractivity contribution in [3.05, 3.63) is 60.2 Å². The number of Topliss-reactive ketones (excluding diaryl/α,β-unsaturated/α-hetero) is 1. The summed E-state index contributed by atoms with van der Waals surface area (Å²) in [5.74, 6) is -9.29. The van der Waals surface area contributed by atoms with Crippen molar-refractivity contribution in [1.82, 2.24) is 0 Å². The molecular weight excluding hydrogens is 612 g/mol. The van der Waals surface area contributed by atoms with Crippen LogP contribution >= 0.6 is 0 Å². The Kier molecular flexibility index (Phi) is 9.87. The molecule has 0 unspecified atom stereocenters. The Morgan fingerprint density at radius 1 is 0.894 bits per heavy atom. The number of aliphatic hydroxyl groups is 1. The minimum absolute atomic E-state index is 0.106. The second kappa shape index (κ2) is 13.1. The van der Waals surface area contributed by atoms with Crippen LogP contribution < -0.4 is 0 Å². The van der Waals surface area contributed by atoms with Crippen molar-refractivity contribution in [2.45, 2.75) is 84.4 Å². The monoisotopic (exact) mass is 654 g/mol. The highest BCUT2D eigenvalue weighted by Gasteiger charge is 2.78. The maximum Gasteiger partial charge on any atom is 0.338 e. The van der Waals surface area contributed by atoms with E-state index >= 15 is 4.79 Å². The number of hydrogen-bond donors (Lipinski definition) is 1. The van der Waals surface area contributed by atoms with Gasteiger partial charge in [0.1, 0.15) is 30.5 Å². The highest BCUT2D eigenvalue weighted by Crippen LogP contribution is 2.63. The van der Waals surface area contributed by atoms with Crippen LogP contribution in [0.1, 0.15) is 65.2 Å². The van der Waals surface area contributed by atoms with Gasteiger partial charge in [0.05, 0.1) is 16.9 Å². The van der Waals surface area contributed by atoms with Gasteiger partial charge in [-0.2, -0.15) is 0 Å². The number of allylic oxidation sites excluding steroid dienone is 2. The van der Waals surface area contributed by atoms with Gasteiger partial charge >= 0.3 is 29.8 Å². The van der Waals surface area contributed by atoms with Gasteiger partial charge in [-0.05, 0) is 38.0 Å². The van der Waals surface area contributed by atoms with E-state index in [1.165, 1.54) is 25.1 Å². The van der Waals surface area contributed by atoms with E-state index < -0.39 is 101 Å². The lowest BCUT2D eigenvalue weighted by atomic mass is 9.53. The molecule has 12 heteroatoms. The molecule has 3 aliphatic rings. The van der Waals surface area contributed by atoms with Crippen LogP contribution in [0.15, 0.2) is 54.6 Å². The Balaban J connectivity index is 2.20. The summed E-state index contributed by atoms with van der Waals surface area (Å²) in [4.78, 5) is 79.7. The Labute approximate surface area is 273 Å². The van der Waals surface area contributed by atoms with Crippen LogP contribution in [0.3, 0.4) is 0 Å². The SMILES string of the molecule is C=C(C)[C@H]1C=C[C@@H](OC(C)=O)[C@@]2(COC(C)=O)[C@H](OC(=O)c3ccccc3)[C@H]3[C@@H](OC(C)=O)[C@@H](C)C[C@]3(OC(C)=O)C(=O)[C@@](C)(O)[C@H]12. The van der Waals surface area contributed by atoms with Gasteiger partial charge in [0, 0.05) is 46.0 Å². The number of carbonyl (C=O) groups is 6. The third kappa shape index (κ3) is 6.22. The van der Waals surface area contributed by atoms with Crippen LogP contribution in [0, 0.1) is 29.1 Å². The molecule has 1 N–H and O–H groups in total. The lowest BCUT2D eigenvalue weighted by Gasteiger charge is -2.55. The zero-order valence-corrected chi connectivity index (χ0v) is 27.6. The maximum absolute atomic E-state index is 15.0. The molecule has 2 fully saturated rings. The fourth-order valence-corrected chi connectivity index (χ4v) is 8.14. The summed E-state index contributed by atoms with van der Waals surface area (Å²) in [7, 11) is 0. The fourth-order valence-electron chi connectivity index (χ4n) is 8.14. The standard InChI is InChI=1S/C35H42O12/c1-18(2)25-14-15-26(44-21(5)37)34(17-43-20(4)36)29(25)33(8,42)32(41)35(47-23(7)39)16-19(3)28(45-22(6)38)27(35)30(34)46-31(40)24-12-10-9-11-13-24/h9-15,19,25-30,42H,1,16-17H2,2-8H3/t19-,25+,26+,27+,28-,29-,30+,33-,34+,35+/m0/s1. The highest BCUT2D eigenvalue weighted by atomic mass is 16.6. The summed E-state index contributed by atoms with van der Waals surface area (Å²) in [5, 5.41) is 12.6. The molecular formula is C35H42O12. The first-order valence-electron chi connectivity index (χ1n) is 15.4. The normalized spacial score (nSPS) is 35.7. The van der Waals surface area contributed by atoms with Crippen molar-refractivity contribution >= 4 is 35.6 Å². The highest BCUT2D eigenvalue weighted by molar-refractivity contribution is 5.98. The van der Waals surface area contributed by atoms with E-state index in [1.807, 2.05) is 0 Å². The minimum Gasteiger partial charge on any atom is -0.465 e. The molecule has 0 aromatic heterocycles. The Bertz CT molecular complexity index is 1490. The summed E-state index contributed by atoms with van der Waals surface area (Å²) in [6, 6.07) is 7.91. The van der Waals surface area contributed by atoms with E-state index in [9.17, 15) is 29.1 Å². The predicted octanol–water partition coefficient (Wildman–Crippen LogP) is 3.29. The molecule has 12 nitrogen and oxygen atoms in total. The first-order chi connectivity index (χ1) is 21.9. The molecule has 10 atom stereocenters. The van der Waals surface area contributed by atoms with Crippen molar-refractivity contribution in [1.29, 1.82) is 0 Å². The number of ketones is 1. The summed E-state index contributed by atoms with van der Waals surface area (Å²) in [6.45, 7) is 12.6. The molecule has 47 heavy (non-hydrogen) atoms. The van der Waals surface area contributed by atoms with E-state index in [0.717, 1.165) is 27.7 Å². The van der Waals surface area contributed by atoms with E-state index in [4.69, 9.17) is 23.7 Å². The number of fused-ring (bicyclic) bond motifs is 2. The van der Waals surface area contributed by atoms with Crippen molar-refractivity contribution in [3.63, 3.8) is 0 Å². The van der Waals surface area contributed by atoms with E-state index in [-0.39, 0.29) is 12.0 Å². The van der Waals surface area contributed by atoms with Crippen LogP contribution in [0.5, 0.6) is 0 Å². The number of rotatable bonds is 8. The van der Waals surface area contributed by atoms with Crippen LogP contribution in [0.2, 0.25) is 0 Å². The van der Waals surface area contributed by atoms with Gasteiger partial charge < -0.3 is 28.8 Å². The molecule has 3 aliphatic carbocycles. The van der Waals surface area contributed by atoms with E-state index in [2.05, 4.69) is 6.58 Å². The molecule has 254 valence electrons. The molecule has 0 heterocycles. The summed E-state index contributed by atoms with van der Waals surface area (Å²) in [5.41, 5.74) is -6.00. The maximum atomic E-state index is 15.0. The molecule has 2 saturated carbocycles. The van der Waals surface area contributed by atoms with Gasteiger partial charge in [-0.3, -0.25) is 24.0 Å². The lowest BCUT2D eigenvalue weighted by Crippen LogP contribution is -2.66. The van der Waals surface area contributed by atoms with Gasteiger partial charge in [0.25, 0.3) is 0 Å². The van der Waals surface area contributed by atoms with Crippen molar-refractivity contribution in [3.8, 4) is 0 Å². The molecule has 0 aliphatic heterocycles. The van der Waals surface area contributed by atoms with Gasteiger partial charge in [-0.25, -0.2) is 4.79 Å². The number of benzene rings is 1. The quantitative estimate of drug-likeness (QED) is 0.247.